The van der Waals surface area contributed by atoms with Gasteiger partial charge in [-0.1, -0.05) is 0 Å². The number of nitrogens with zero attached hydrogens (tertiary/aromatic N) is 2. The number of piperidine rings is 1. The summed E-state index contributed by atoms with van der Waals surface area (Å²) in [6.45, 7) is 5.99. The topological polar surface area (TPSA) is 35.6 Å². The van der Waals surface area contributed by atoms with Crippen LogP contribution in [-0.2, 0) is 4.79 Å². The Bertz CT molecular complexity index is 284. The second-order valence-electron chi connectivity index (χ2n) is 5.91. The monoisotopic (exact) mass is 237 g/mol. The summed E-state index contributed by atoms with van der Waals surface area (Å²) in [5, 5.41) is 3.40. The Morgan fingerprint density at radius 1 is 1.06 bits per heavy atom. The third-order valence-electron chi connectivity index (χ3n) is 4.23. The van der Waals surface area contributed by atoms with Gasteiger partial charge >= 0.3 is 0 Å². The molecule has 1 saturated carbocycles. The first kappa shape index (κ1) is 11.5. The van der Waals surface area contributed by atoms with Crippen molar-refractivity contribution in [2.24, 2.45) is 11.8 Å². The maximum absolute atomic E-state index is 11.9. The number of hydrogen-bond acceptors (Lipinski definition) is 3. The summed E-state index contributed by atoms with van der Waals surface area (Å²) in [4.78, 5) is 16.3. The van der Waals surface area contributed by atoms with Gasteiger partial charge in [-0.05, 0) is 50.6 Å². The minimum absolute atomic E-state index is 0.353. The zero-order valence-corrected chi connectivity index (χ0v) is 10.5. The minimum Gasteiger partial charge on any atom is -0.328 e. The molecule has 0 aromatic carbocycles. The van der Waals surface area contributed by atoms with Crippen LogP contribution in [0.25, 0.3) is 0 Å². The van der Waals surface area contributed by atoms with Gasteiger partial charge in [-0.3, -0.25) is 9.69 Å². The number of carbonyl (C=O) groups excluding carboxylic acids is 1. The van der Waals surface area contributed by atoms with Gasteiger partial charge < -0.3 is 10.2 Å². The quantitative estimate of drug-likeness (QED) is 0.773. The van der Waals surface area contributed by atoms with E-state index in [1.165, 1.54) is 25.7 Å². The van der Waals surface area contributed by atoms with Crippen LogP contribution in [0.4, 0.5) is 0 Å². The van der Waals surface area contributed by atoms with E-state index < -0.39 is 0 Å². The first-order valence-electron chi connectivity index (χ1n) is 7.02. The summed E-state index contributed by atoms with van der Waals surface area (Å²) in [6.07, 6.45) is 5.21. The van der Waals surface area contributed by atoms with Crippen molar-refractivity contribution < 1.29 is 4.79 Å². The highest BCUT2D eigenvalue weighted by Gasteiger charge is 2.33. The van der Waals surface area contributed by atoms with Crippen molar-refractivity contribution in [1.29, 1.82) is 0 Å². The van der Waals surface area contributed by atoms with Crippen molar-refractivity contribution in [1.82, 2.24) is 15.1 Å². The Kier molecular flexibility index (Phi) is 3.34. The summed E-state index contributed by atoms with van der Waals surface area (Å²) in [5.41, 5.74) is 0. The molecule has 96 valence electrons. The highest BCUT2D eigenvalue weighted by atomic mass is 16.2. The van der Waals surface area contributed by atoms with Gasteiger partial charge in [-0.2, -0.15) is 0 Å². The molecular weight excluding hydrogens is 214 g/mol. The summed E-state index contributed by atoms with van der Waals surface area (Å²) in [6, 6.07) is 0. The van der Waals surface area contributed by atoms with E-state index in [9.17, 15) is 4.79 Å². The Morgan fingerprint density at radius 2 is 1.76 bits per heavy atom. The van der Waals surface area contributed by atoms with Crippen LogP contribution in [0.1, 0.15) is 25.7 Å². The molecule has 4 heteroatoms. The molecule has 1 amide bonds. The van der Waals surface area contributed by atoms with Gasteiger partial charge in [0.2, 0.25) is 5.91 Å². The molecule has 2 heterocycles. The molecule has 0 spiro atoms. The predicted octanol–water partition coefficient (Wildman–Crippen LogP) is 0.498. The molecule has 0 bridgehead atoms. The summed E-state index contributed by atoms with van der Waals surface area (Å²) < 4.78 is 0. The van der Waals surface area contributed by atoms with Crippen LogP contribution in [0.2, 0.25) is 0 Å². The third-order valence-corrected chi connectivity index (χ3v) is 4.23. The molecule has 0 atom stereocenters. The van der Waals surface area contributed by atoms with Crippen LogP contribution in [0.15, 0.2) is 0 Å². The SMILES string of the molecule is O=C1CN(CC2CCNCC2)CN1CC1CC1. The van der Waals surface area contributed by atoms with Crippen LogP contribution in [0.3, 0.4) is 0 Å². The fourth-order valence-electron chi connectivity index (χ4n) is 2.98. The normalized spacial score (nSPS) is 28.0. The number of amides is 1. The third kappa shape index (κ3) is 2.99. The van der Waals surface area contributed by atoms with Gasteiger partial charge in [0, 0.05) is 13.1 Å². The van der Waals surface area contributed by atoms with E-state index in [0.717, 1.165) is 44.7 Å². The first-order chi connectivity index (χ1) is 8.31. The summed E-state index contributed by atoms with van der Waals surface area (Å²) in [5.74, 6) is 1.97. The second kappa shape index (κ2) is 4.94. The standard InChI is InChI=1S/C13H23N3O/c17-13-9-15(7-12-3-5-14-6-4-12)10-16(13)8-11-1-2-11/h11-12,14H,1-10H2. The first-order valence-corrected chi connectivity index (χ1v) is 7.02. The molecule has 0 unspecified atom stereocenters. The highest BCUT2D eigenvalue weighted by molar-refractivity contribution is 5.80. The highest BCUT2D eigenvalue weighted by Crippen LogP contribution is 2.30. The van der Waals surface area contributed by atoms with Crippen molar-refractivity contribution in [3.63, 3.8) is 0 Å². The smallest absolute Gasteiger partial charge is 0.237 e. The molecule has 3 fully saturated rings. The van der Waals surface area contributed by atoms with Crippen molar-refractivity contribution in [3.8, 4) is 0 Å². The molecule has 4 nitrogen and oxygen atoms in total. The molecule has 2 saturated heterocycles. The Balaban J connectivity index is 1.46. The van der Waals surface area contributed by atoms with Gasteiger partial charge in [-0.15, -0.1) is 0 Å². The largest absolute Gasteiger partial charge is 0.328 e. The van der Waals surface area contributed by atoms with E-state index >= 15 is 0 Å². The van der Waals surface area contributed by atoms with E-state index in [2.05, 4.69) is 15.1 Å². The van der Waals surface area contributed by atoms with Crippen LogP contribution in [0, 0.1) is 11.8 Å². The molecular formula is C13H23N3O. The van der Waals surface area contributed by atoms with Crippen molar-refractivity contribution in [3.05, 3.63) is 0 Å². The molecule has 1 aliphatic carbocycles. The lowest BCUT2D eigenvalue weighted by molar-refractivity contribution is -0.126. The zero-order valence-electron chi connectivity index (χ0n) is 10.5. The van der Waals surface area contributed by atoms with E-state index in [-0.39, 0.29) is 0 Å². The molecule has 2 aliphatic heterocycles. The number of nitrogens with one attached hydrogen (secondary N) is 1. The number of hydrogen-bond donors (Lipinski definition) is 1. The van der Waals surface area contributed by atoms with Gasteiger partial charge in [0.1, 0.15) is 0 Å². The minimum atomic E-state index is 0.353. The lowest BCUT2D eigenvalue weighted by atomic mass is 9.98. The maximum Gasteiger partial charge on any atom is 0.237 e. The van der Waals surface area contributed by atoms with E-state index in [0.29, 0.717) is 12.5 Å². The van der Waals surface area contributed by atoms with E-state index in [1.54, 1.807) is 0 Å². The fraction of sp³-hybridized carbons (Fsp3) is 0.923. The Labute approximate surface area is 103 Å². The van der Waals surface area contributed by atoms with Crippen molar-refractivity contribution >= 4 is 5.91 Å². The van der Waals surface area contributed by atoms with Crippen LogP contribution in [-0.4, -0.2) is 55.1 Å². The molecule has 1 N–H and O–H groups in total. The van der Waals surface area contributed by atoms with Crippen molar-refractivity contribution in [2.75, 3.05) is 39.4 Å². The summed E-state index contributed by atoms with van der Waals surface area (Å²) >= 11 is 0. The van der Waals surface area contributed by atoms with Crippen molar-refractivity contribution in [2.45, 2.75) is 25.7 Å². The lowest BCUT2D eigenvalue weighted by Crippen LogP contribution is -2.36. The van der Waals surface area contributed by atoms with E-state index in [4.69, 9.17) is 0 Å². The summed E-state index contributed by atoms with van der Waals surface area (Å²) in [7, 11) is 0. The van der Waals surface area contributed by atoms with Crippen LogP contribution >= 0.6 is 0 Å². The maximum atomic E-state index is 11.9. The number of rotatable bonds is 4. The molecule has 0 aromatic rings. The van der Waals surface area contributed by atoms with Crippen LogP contribution < -0.4 is 5.32 Å². The molecule has 3 rings (SSSR count). The zero-order chi connectivity index (χ0) is 11.7. The Hall–Kier alpha value is -0.610. The van der Waals surface area contributed by atoms with Gasteiger partial charge in [0.15, 0.2) is 0 Å². The van der Waals surface area contributed by atoms with Gasteiger partial charge in [0.25, 0.3) is 0 Å². The van der Waals surface area contributed by atoms with Crippen LogP contribution in [0.5, 0.6) is 0 Å². The fourth-order valence-corrected chi connectivity index (χ4v) is 2.98. The molecule has 0 aromatic heterocycles. The Morgan fingerprint density at radius 3 is 2.47 bits per heavy atom. The lowest BCUT2D eigenvalue weighted by Gasteiger charge is -2.27. The second-order valence-corrected chi connectivity index (χ2v) is 5.91. The molecule has 3 aliphatic rings. The predicted molar refractivity (Wildman–Crippen MR) is 66.5 cm³/mol. The molecule has 0 radical (unpaired) electrons. The van der Waals surface area contributed by atoms with Gasteiger partial charge in [-0.25, -0.2) is 0 Å². The number of carbonyl (C=O) groups is 1. The van der Waals surface area contributed by atoms with Gasteiger partial charge in [0.05, 0.1) is 13.2 Å². The average Bonchev–Trinajstić information content (AvgIpc) is 3.07. The average molecular weight is 237 g/mol. The van der Waals surface area contributed by atoms with E-state index in [1.807, 2.05) is 0 Å². The molecule has 17 heavy (non-hydrogen) atoms.